The summed E-state index contributed by atoms with van der Waals surface area (Å²) < 4.78 is 75.8. The Bertz CT molecular complexity index is 907. The van der Waals surface area contributed by atoms with Crippen LogP contribution in [0.3, 0.4) is 0 Å². The fourth-order valence-corrected chi connectivity index (χ4v) is 3.76. The molecule has 1 aromatic heterocycles. The molecular formula is C13H15F2N3O4S2. The minimum absolute atomic E-state index is 0.0113. The minimum Gasteiger partial charge on any atom is -0.277 e. The molecule has 1 N–H and O–H groups in total. The third-order valence-electron chi connectivity index (χ3n) is 3.25. The lowest BCUT2D eigenvalue weighted by atomic mass is 10.4. The number of aromatic nitrogens is 2. The van der Waals surface area contributed by atoms with Gasteiger partial charge in [-0.25, -0.2) is 26.5 Å². The Morgan fingerprint density at radius 3 is 2.25 bits per heavy atom. The standard InChI is InChI=1S/C13H15F2N3O4S2/c1-2-23(19,20)10-3-5-11(6-4-10)24(21,22)17-9-12-16-7-8-18(12)13(14)15/h3-8,13,17H,2,9H2,1H3. The molecule has 0 aliphatic heterocycles. The lowest BCUT2D eigenvalue weighted by Crippen LogP contribution is -2.25. The van der Waals surface area contributed by atoms with Crippen LogP contribution in [0.15, 0.2) is 46.5 Å². The van der Waals surface area contributed by atoms with Crippen molar-refractivity contribution in [2.45, 2.75) is 29.8 Å². The largest absolute Gasteiger partial charge is 0.319 e. The molecule has 0 aliphatic carbocycles. The summed E-state index contributed by atoms with van der Waals surface area (Å²) in [6.45, 7) is -1.77. The van der Waals surface area contributed by atoms with Gasteiger partial charge in [0.25, 0.3) is 0 Å². The van der Waals surface area contributed by atoms with Gasteiger partial charge < -0.3 is 0 Å². The zero-order chi connectivity index (χ0) is 18.0. The molecule has 0 radical (unpaired) electrons. The highest BCUT2D eigenvalue weighted by molar-refractivity contribution is 7.91. The molecule has 7 nitrogen and oxygen atoms in total. The summed E-state index contributed by atoms with van der Waals surface area (Å²) in [5.41, 5.74) is 0. The Kier molecular flexibility index (Phi) is 5.35. The van der Waals surface area contributed by atoms with E-state index in [0.29, 0.717) is 4.57 Å². The zero-order valence-electron chi connectivity index (χ0n) is 12.6. The van der Waals surface area contributed by atoms with Gasteiger partial charge in [0.1, 0.15) is 5.82 Å². The lowest BCUT2D eigenvalue weighted by Gasteiger charge is -2.09. The number of rotatable bonds is 7. The Balaban J connectivity index is 2.17. The van der Waals surface area contributed by atoms with Crippen LogP contribution in [0, 0.1) is 0 Å². The van der Waals surface area contributed by atoms with Crippen molar-refractivity contribution in [1.82, 2.24) is 14.3 Å². The summed E-state index contributed by atoms with van der Waals surface area (Å²) in [5, 5.41) is 0. The van der Waals surface area contributed by atoms with Crippen LogP contribution >= 0.6 is 0 Å². The number of nitrogens with zero attached hydrogens (tertiary/aromatic N) is 2. The van der Waals surface area contributed by atoms with Crippen molar-refractivity contribution in [2.75, 3.05) is 5.75 Å². The number of benzene rings is 1. The number of alkyl halides is 2. The van der Waals surface area contributed by atoms with Crippen molar-refractivity contribution in [3.8, 4) is 0 Å². The van der Waals surface area contributed by atoms with Crippen LogP contribution in [-0.2, 0) is 26.4 Å². The highest BCUT2D eigenvalue weighted by atomic mass is 32.2. The van der Waals surface area contributed by atoms with Crippen molar-refractivity contribution >= 4 is 19.9 Å². The molecule has 0 bridgehead atoms. The molecule has 11 heteroatoms. The van der Waals surface area contributed by atoms with Crippen molar-refractivity contribution in [1.29, 1.82) is 0 Å². The third kappa shape index (κ3) is 3.97. The SMILES string of the molecule is CCS(=O)(=O)c1ccc(S(=O)(=O)NCc2nccn2C(F)F)cc1. The van der Waals surface area contributed by atoms with Gasteiger partial charge in [-0.05, 0) is 24.3 Å². The van der Waals surface area contributed by atoms with Crippen LogP contribution in [0.1, 0.15) is 19.3 Å². The predicted octanol–water partition coefficient (Wildman–Crippen LogP) is 1.55. The van der Waals surface area contributed by atoms with Gasteiger partial charge >= 0.3 is 6.55 Å². The molecule has 1 heterocycles. The van der Waals surface area contributed by atoms with E-state index in [1.54, 1.807) is 0 Å². The molecule has 132 valence electrons. The Labute approximate surface area is 138 Å². The molecule has 0 saturated heterocycles. The second-order valence-electron chi connectivity index (χ2n) is 4.73. The van der Waals surface area contributed by atoms with Gasteiger partial charge in [0.2, 0.25) is 10.0 Å². The number of hydrogen-bond donors (Lipinski definition) is 1. The summed E-state index contributed by atoms with van der Waals surface area (Å²) in [7, 11) is -7.43. The molecular weight excluding hydrogens is 364 g/mol. The fraction of sp³-hybridized carbons (Fsp3) is 0.308. The molecule has 0 atom stereocenters. The average molecular weight is 379 g/mol. The average Bonchev–Trinajstić information content (AvgIpc) is 3.02. The lowest BCUT2D eigenvalue weighted by molar-refractivity contribution is 0.0669. The number of hydrogen-bond acceptors (Lipinski definition) is 5. The van der Waals surface area contributed by atoms with E-state index in [2.05, 4.69) is 9.71 Å². The van der Waals surface area contributed by atoms with Crippen LogP contribution in [0.2, 0.25) is 0 Å². The molecule has 0 fully saturated rings. The first-order chi connectivity index (χ1) is 11.2. The topological polar surface area (TPSA) is 98.1 Å². The Morgan fingerprint density at radius 2 is 1.71 bits per heavy atom. The van der Waals surface area contributed by atoms with Crippen LogP contribution < -0.4 is 4.72 Å². The van der Waals surface area contributed by atoms with Gasteiger partial charge in [-0.1, -0.05) is 6.92 Å². The van der Waals surface area contributed by atoms with E-state index in [4.69, 9.17) is 0 Å². The first kappa shape index (κ1) is 18.5. The number of sulfonamides is 1. The predicted molar refractivity (Wildman–Crippen MR) is 81.7 cm³/mol. The fourth-order valence-electron chi connectivity index (χ4n) is 1.89. The van der Waals surface area contributed by atoms with Crippen molar-refractivity contribution in [3.63, 3.8) is 0 Å². The van der Waals surface area contributed by atoms with Crippen molar-refractivity contribution in [2.24, 2.45) is 0 Å². The summed E-state index contributed by atoms with van der Waals surface area (Å²) in [6, 6.07) is 4.66. The molecule has 0 saturated carbocycles. The summed E-state index contributed by atoms with van der Waals surface area (Å²) in [4.78, 5) is 3.51. The number of imidazole rings is 1. The number of sulfone groups is 1. The van der Waals surface area contributed by atoms with Gasteiger partial charge in [-0.3, -0.25) is 4.57 Å². The van der Waals surface area contributed by atoms with Crippen molar-refractivity contribution < 1.29 is 25.6 Å². The van der Waals surface area contributed by atoms with E-state index >= 15 is 0 Å². The Morgan fingerprint density at radius 1 is 1.12 bits per heavy atom. The second kappa shape index (κ2) is 6.95. The third-order valence-corrected chi connectivity index (χ3v) is 6.42. The van der Waals surface area contributed by atoms with Crippen molar-refractivity contribution in [3.05, 3.63) is 42.5 Å². The van der Waals surface area contributed by atoms with E-state index in [9.17, 15) is 25.6 Å². The monoisotopic (exact) mass is 379 g/mol. The van der Waals surface area contributed by atoms with Gasteiger partial charge in [0.15, 0.2) is 9.84 Å². The van der Waals surface area contributed by atoms with E-state index in [-0.39, 0.29) is 21.4 Å². The summed E-state index contributed by atoms with van der Waals surface area (Å²) in [5.74, 6) is -0.244. The smallest absolute Gasteiger partial charge is 0.277 e. The van der Waals surface area contributed by atoms with Crippen LogP contribution in [0.5, 0.6) is 0 Å². The quantitative estimate of drug-likeness (QED) is 0.787. The van der Waals surface area contributed by atoms with Crippen LogP contribution in [0.4, 0.5) is 8.78 Å². The molecule has 24 heavy (non-hydrogen) atoms. The second-order valence-corrected chi connectivity index (χ2v) is 8.77. The first-order valence-corrected chi connectivity index (χ1v) is 9.93. The van der Waals surface area contributed by atoms with Crippen LogP contribution in [-0.4, -0.2) is 32.1 Å². The summed E-state index contributed by atoms with van der Waals surface area (Å²) >= 11 is 0. The van der Waals surface area contributed by atoms with Gasteiger partial charge in [0.05, 0.1) is 22.1 Å². The van der Waals surface area contributed by atoms with E-state index in [1.807, 2.05) is 0 Å². The maximum Gasteiger partial charge on any atom is 0.319 e. The van der Waals surface area contributed by atoms with Gasteiger partial charge in [-0.2, -0.15) is 8.78 Å². The summed E-state index contributed by atoms with van der Waals surface area (Å²) in [6.07, 6.45) is 2.18. The number of halogens is 2. The van der Waals surface area contributed by atoms with Gasteiger partial charge in [0, 0.05) is 12.4 Å². The highest BCUT2D eigenvalue weighted by Crippen LogP contribution is 2.17. The molecule has 0 amide bonds. The highest BCUT2D eigenvalue weighted by Gasteiger charge is 2.18. The molecule has 2 rings (SSSR count). The Hall–Kier alpha value is -1.85. The van der Waals surface area contributed by atoms with E-state index in [0.717, 1.165) is 24.5 Å². The number of nitrogens with one attached hydrogen (secondary N) is 1. The molecule has 0 unspecified atom stereocenters. The van der Waals surface area contributed by atoms with Crippen LogP contribution in [0.25, 0.3) is 0 Å². The van der Waals surface area contributed by atoms with E-state index < -0.39 is 33.0 Å². The molecule has 0 aliphatic rings. The van der Waals surface area contributed by atoms with E-state index in [1.165, 1.54) is 19.1 Å². The zero-order valence-corrected chi connectivity index (χ0v) is 14.2. The van der Waals surface area contributed by atoms with Gasteiger partial charge in [-0.15, -0.1) is 0 Å². The molecule has 0 spiro atoms. The minimum atomic E-state index is -3.99. The molecule has 1 aromatic carbocycles. The normalized spacial score (nSPS) is 12.7. The maximum atomic E-state index is 12.7. The molecule has 2 aromatic rings. The maximum absolute atomic E-state index is 12.7. The first-order valence-electron chi connectivity index (χ1n) is 6.79.